The average molecular weight is 641 g/mol. The Bertz CT molecular complexity index is 1790. The summed E-state index contributed by atoms with van der Waals surface area (Å²) >= 11 is 1.19. The van der Waals surface area contributed by atoms with Crippen LogP contribution < -0.4 is 21.3 Å². The number of amides is 1. The molecular weight excluding hydrogens is 603 g/mol. The lowest BCUT2D eigenvalue weighted by molar-refractivity contribution is -0.122. The number of carbonyl (C=O) groups excluding carboxylic acids is 1. The molecule has 240 valence electrons. The van der Waals surface area contributed by atoms with Gasteiger partial charge in [0.1, 0.15) is 33.5 Å². The molecule has 4 heterocycles. The Morgan fingerprint density at radius 2 is 1.89 bits per heavy atom. The van der Waals surface area contributed by atoms with Crippen molar-refractivity contribution in [2.45, 2.75) is 89.7 Å². The topological polar surface area (TPSA) is 142 Å². The smallest absolute Gasteiger partial charge is 0.332 e. The number of aryl methyl sites for hydroxylation is 1. The third-order valence-electron chi connectivity index (χ3n) is 8.57. The molecule has 45 heavy (non-hydrogen) atoms. The highest BCUT2D eigenvalue weighted by Crippen LogP contribution is 2.36. The van der Waals surface area contributed by atoms with Gasteiger partial charge < -0.3 is 19.9 Å². The van der Waals surface area contributed by atoms with E-state index in [4.69, 9.17) is 9.47 Å². The van der Waals surface area contributed by atoms with E-state index in [-0.39, 0.29) is 18.0 Å². The maximum Gasteiger partial charge on any atom is 0.332 e. The Morgan fingerprint density at radius 1 is 1.13 bits per heavy atom. The number of carbonyl (C=O) groups is 1. The van der Waals surface area contributed by atoms with Gasteiger partial charge in [0, 0.05) is 17.7 Å². The van der Waals surface area contributed by atoms with Gasteiger partial charge in [0.2, 0.25) is 5.91 Å². The minimum Gasteiger partial charge on any atom is -0.493 e. The summed E-state index contributed by atoms with van der Waals surface area (Å²) in [5.41, 5.74) is -0.206. The third kappa shape index (κ3) is 6.18. The molecule has 1 aliphatic heterocycles. The largest absolute Gasteiger partial charge is 0.493 e. The van der Waals surface area contributed by atoms with Crippen molar-refractivity contribution in [2.75, 3.05) is 13.2 Å². The summed E-state index contributed by atoms with van der Waals surface area (Å²) in [5.74, 6) is -0.431. The van der Waals surface area contributed by atoms with Gasteiger partial charge in [0.25, 0.3) is 5.56 Å². The number of rotatable bonds is 11. The van der Waals surface area contributed by atoms with E-state index in [1.54, 1.807) is 13.0 Å². The van der Waals surface area contributed by atoms with Crippen LogP contribution in [0.3, 0.4) is 0 Å². The molecule has 6 rings (SSSR count). The van der Waals surface area contributed by atoms with E-state index in [0.29, 0.717) is 72.0 Å². The molecule has 2 fully saturated rings. The Hall–Kier alpha value is -3.88. The first-order valence-corrected chi connectivity index (χ1v) is 16.3. The van der Waals surface area contributed by atoms with Crippen molar-refractivity contribution in [1.29, 1.82) is 0 Å². The number of aliphatic hydroxyl groups is 1. The van der Waals surface area contributed by atoms with Gasteiger partial charge in [-0.25, -0.2) is 13.8 Å². The van der Waals surface area contributed by atoms with Crippen molar-refractivity contribution in [3.05, 3.63) is 68.4 Å². The van der Waals surface area contributed by atoms with E-state index in [1.807, 2.05) is 6.92 Å². The first-order chi connectivity index (χ1) is 21.8. The van der Waals surface area contributed by atoms with Crippen molar-refractivity contribution >= 4 is 27.5 Å². The van der Waals surface area contributed by atoms with Crippen LogP contribution in [0.25, 0.3) is 15.2 Å². The Kier molecular flexibility index (Phi) is 9.15. The van der Waals surface area contributed by atoms with Crippen molar-refractivity contribution in [1.82, 2.24) is 29.4 Å². The Morgan fingerprint density at radius 3 is 2.58 bits per heavy atom. The fourth-order valence-corrected chi connectivity index (χ4v) is 7.37. The lowest BCUT2D eigenvalue weighted by atomic mass is 9.94. The normalized spacial score (nSPS) is 20.9. The van der Waals surface area contributed by atoms with Gasteiger partial charge in [-0.1, -0.05) is 24.7 Å². The minimum atomic E-state index is -0.965. The van der Waals surface area contributed by atoms with E-state index in [1.165, 1.54) is 45.2 Å². The van der Waals surface area contributed by atoms with Crippen molar-refractivity contribution in [3.8, 4) is 10.8 Å². The van der Waals surface area contributed by atoms with E-state index < -0.39 is 41.2 Å². The molecular formula is C31H37FN6O6S. The quantitative estimate of drug-likeness (QED) is 0.237. The summed E-state index contributed by atoms with van der Waals surface area (Å²) in [4.78, 5) is 42.9. The van der Waals surface area contributed by atoms with Crippen LogP contribution in [-0.2, 0) is 16.1 Å². The Labute approximate surface area is 262 Å². The average Bonchev–Trinajstić information content (AvgIpc) is 3.78. The number of unbranched alkanes of at least 4 members (excludes halogenated alkanes) is 1. The van der Waals surface area contributed by atoms with Gasteiger partial charge in [-0.2, -0.15) is 10.2 Å². The van der Waals surface area contributed by atoms with Crippen LogP contribution in [0.4, 0.5) is 4.39 Å². The fourth-order valence-electron chi connectivity index (χ4n) is 6.15. The maximum atomic E-state index is 14.9. The van der Waals surface area contributed by atoms with Crippen molar-refractivity contribution in [3.63, 3.8) is 0 Å². The molecule has 4 aromatic rings. The standard InChI is InChI=1S/C31H37FN6O6S/c1-3-4-15-43-24-10-5-19(32)16-22(24)25(44-21-8-6-20(39)7-9-21)17-36-30-26(18(2)29(45-30)38-34-13-14-35-38)28(41)37(31(36)42)23-11-12-33-27(23)40/h5,10,13-14,16,20-21,23,25,39H,3-4,6-9,11-12,15,17H2,1-2H3,(H,33,40)/t20-,21+,23-,25+/m1/s1. The summed E-state index contributed by atoms with van der Waals surface area (Å²) in [6.07, 6.45) is 5.86. The molecule has 0 unspecified atom stereocenters. The monoisotopic (exact) mass is 640 g/mol. The lowest BCUT2D eigenvalue weighted by Gasteiger charge is -2.31. The summed E-state index contributed by atoms with van der Waals surface area (Å²) in [6.45, 7) is 4.50. The molecule has 12 nitrogen and oxygen atoms in total. The number of aliphatic hydroxyl groups excluding tert-OH is 1. The fraction of sp³-hybridized carbons (Fsp3) is 0.516. The predicted octanol–water partition coefficient (Wildman–Crippen LogP) is 3.55. The summed E-state index contributed by atoms with van der Waals surface area (Å²) in [7, 11) is 0. The van der Waals surface area contributed by atoms with Crippen LogP contribution in [0, 0.1) is 12.7 Å². The number of benzene rings is 1. The van der Waals surface area contributed by atoms with Gasteiger partial charge >= 0.3 is 5.69 Å². The van der Waals surface area contributed by atoms with E-state index >= 15 is 0 Å². The molecule has 2 N–H and O–H groups in total. The highest BCUT2D eigenvalue weighted by Gasteiger charge is 2.34. The number of halogens is 1. The van der Waals surface area contributed by atoms with Gasteiger partial charge in [-0.15, -0.1) is 4.80 Å². The SMILES string of the molecule is CCCCOc1ccc(F)cc1[C@H](Cn1c(=O)n([C@@H]2CCNC2=O)c(=O)c2c(C)c(-n3nccn3)sc21)O[C@H]1CC[C@@H](O)CC1. The summed E-state index contributed by atoms with van der Waals surface area (Å²) < 4.78 is 30.1. The second-order valence-corrected chi connectivity index (χ2v) is 12.6. The van der Waals surface area contributed by atoms with E-state index in [0.717, 1.165) is 17.4 Å². The number of aromatic nitrogens is 5. The second-order valence-electron chi connectivity index (χ2n) is 11.6. The number of fused-ring (bicyclic) bond motifs is 1. The highest BCUT2D eigenvalue weighted by molar-refractivity contribution is 7.21. The molecule has 3 aromatic heterocycles. The summed E-state index contributed by atoms with van der Waals surface area (Å²) in [5, 5.41) is 22.1. The number of hydrogen-bond donors (Lipinski definition) is 2. The zero-order valence-electron chi connectivity index (χ0n) is 25.3. The molecule has 1 aromatic carbocycles. The molecule has 2 aliphatic rings. The number of thiophene rings is 1. The van der Waals surface area contributed by atoms with Gasteiger partial charge in [-0.3, -0.25) is 14.2 Å². The van der Waals surface area contributed by atoms with Crippen LogP contribution in [0.5, 0.6) is 5.75 Å². The predicted molar refractivity (Wildman–Crippen MR) is 166 cm³/mol. The lowest BCUT2D eigenvalue weighted by Crippen LogP contribution is -2.44. The number of nitrogens with one attached hydrogen (secondary N) is 1. The zero-order chi connectivity index (χ0) is 31.7. The Balaban J connectivity index is 1.53. The van der Waals surface area contributed by atoms with Crippen LogP contribution in [-0.4, -0.2) is 60.5 Å². The molecule has 1 saturated carbocycles. The van der Waals surface area contributed by atoms with Crippen LogP contribution in [0.15, 0.2) is 40.2 Å². The number of hydrogen-bond acceptors (Lipinski definition) is 9. The molecule has 1 aliphatic carbocycles. The molecule has 1 amide bonds. The molecule has 1 saturated heterocycles. The van der Waals surface area contributed by atoms with E-state index in [2.05, 4.69) is 15.5 Å². The maximum absolute atomic E-state index is 14.9. The molecule has 0 spiro atoms. The highest BCUT2D eigenvalue weighted by atomic mass is 32.1. The van der Waals surface area contributed by atoms with Crippen LogP contribution in [0.2, 0.25) is 0 Å². The zero-order valence-corrected chi connectivity index (χ0v) is 26.1. The van der Waals surface area contributed by atoms with Crippen LogP contribution >= 0.6 is 11.3 Å². The summed E-state index contributed by atoms with van der Waals surface area (Å²) in [6, 6.07) is 3.30. The molecule has 0 radical (unpaired) electrons. The number of ether oxygens (including phenoxy) is 2. The molecule has 14 heteroatoms. The third-order valence-corrected chi connectivity index (χ3v) is 9.85. The molecule has 2 atom stereocenters. The van der Waals surface area contributed by atoms with Crippen molar-refractivity contribution in [2.24, 2.45) is 0 Å². The van der Waals surface area contributed by atoms with Crippen LogP contribution in [0.1, 0.15) is 75.1 Å². The van der Waals surface area contributed by atoms with Gasteiger partial charge in [0.05, 0.1) is 43.1 Å². The minimum absolute atomic E-state index is 0.0808. The van der Waals surface area contributed by atoms with Gasteiger partial charge in [0.15, 0.2) is 0 Å². The van der Waals surface area contributed by atoms with Crippen molar-refractivity contribution < 1.29 is 23.8 Å². The molecule has 0 bridgehead atoms. The number of nitrogens with zero attached hydrogens (tertiary/aromatic N) is 5. The first kappa shape index (κ1) is 31.1. The van der Waals surface area contributed by atoms with Gasteiger partial charge in [-0.05, 0) is 63.6 Å². The first-order valence-electron chi connectivity index (χ1n) is 15.4. The van der Waals surface area contributed by atoms with E-state index in [9.17, 15) is 23.9 Å². The second kappa shape index (κ2) is 13.2.